The number of benzene rings is 12. The first-order valence-electron chi connectivity index (χ1n) is 25.8. The van der Waals surface area contributed by atoms with E-state index in [-0.39, 0.29) is 0 Å². The van der Waals surface area contributed by atoms with Gasteiger partial charge < -0.3 is 9.80 Å². The van der Waals surface area contributed by atoms with E-state index in [4.69, 9.17) is 0 Å². The average molecular weight is 973 g/mol. The molecule has 0 spiro atoms. The lowest BCUT2D eigenvalue weighted by atomic mass is 9.99. The third-order valence-corrected chi connectivity index (χ3v) is 19.8. The zero-order chi connectivity index (χ0) is 50.0. The summed E-state index contributed by atoms with van der Waals surface area (Å²) in [5.74, 6) is 0. The molecule has 3 heteroatoms. The highest BCUT2D eigenvalue weighted by atomic mass is 28.3. The molecule has 354 valence electrons. The van der Waals surface area contributed by atoms with E-state index in [1.807, 2.05) is 0 Å². The standard InChI is InChI=1S/C72H52N2Si/c1-6-18-53(19-7-1)55-30-34-57(35-31-55)59-38-45-64(46-39-59)73(65-47-40-60(41-48-65)58-36-32-56(33-37-58)54-20-8-2-9-21-54)66-49-42-61(43-50-66)62-44-51-72-70(52-62)74(63-22-10-3-11-23-63)69-28-16-17-29-71(69)75(72,67-24-12-4-13-25-67)68-26-14-5-15-27-68/h1-52H. The summed E-state index contributed by atoms with van der Waals surface area (Å²) in [7, 11) is -2.81. The van der Waals surface area contributed by atoms with Crippen molar-refractivity contribution in [1.82, 2.24) is 0 Å². The van der Waals surface area contributed by atoms with Gasteiger partial charge >= 0.3 is 0 Å². The topological polar surface area (TPSA) is 6.48 Å². The second-order valence-electron chi connectivity index (χ2n) is 19.3. The minimum atomic E-state index is -2.81. The summed E-state index contributed by atoms with van der Waals surface area (Å²) in [4.78, 5) is 4.86. The molecule has 0 saturated heterocycles. The van der Waals surface area contributed by atoms with Gasteiger partial charge in [-0.1, -0.05) is 255 Å². The number of rotatable bonds is 11. The highest BCUT2D eigenvalue weighted by Crippen LogP contribution is 2.42. The Balaban J connectivity index is 0.893. The zero-order valence-corrected chi connectivity index (χ0v) is 42.4. The number of anilines is 6. The van der Waals surface area contributed by atoms with Crippen LogP contribution in [0.3, 0.4) is 0 Å². The molecule has 0 fully saturated rings. The molecular formula is C72H52N2Si. The Morgan fingerprint density at radius 1 is 0.227 bits per heavy atom. The van der Waals surface area contributed by atoms with Gasteiger partial charge in [-0.15, -0.1) is 0 Å². The fraction of sp³-hybridized carbons (Fsp3) is 0. The summed E-state index contributed by atoms with van der Waals surface area (Å²) in [6.45, 7) is 0. The molecule has 12 aromatic carbocycles. The van der Waals surface area contributed by atoms with Crippen LogP contribution in [0.5, 0.6) is 0 Å². The first-order valence-corrected chi connectivity index (χ1v) is 27.8. The summed E-state index contributed by atoms with van der Waals surface area (Å²) in [5, 5.41) is 5.51. The van der Waals surface area contributed by atoms with Gasteiger partial charge in [0, 0.05) is 34.1 Å². The number of hydrogen-bond donors (Lipinski definition) is 0. The van der Waals surface area contributed by atoms with Crippen molar-refractivity contribution >= 4 is 62.9 Å². The van der Waals surface area contributed by atoms with E-state index in [2.05, 4.69) is 325 Å². The summed E-state index contributed by atoms with van der Waals surface area (Å²) < 4.78 is 0. The molecule has 0 aliphatic carbocycles. The lowest BCUT2D eigenvalue weighted by Gasteiger charge is -2.45. The lowest BCUT2D eigenvalue weighted by Crippen LogP contribution is -2.77. The molecule has 1 aliphatic rings. The van der Waals surface area contributed by atoms with Crippen LogP contribution < -0.4 is 30.5 Å². The largest absolute Gasteiger partial charge is 0.311 e. The Bertz CT molecular complexity index is 3700. The normalized spacial score (nSPS) is 12.3. The van der Waals surface area contributed by atoms with E-state index in [9.17, 15) is 0 Å². The predicted octanol–water partition coefficient (Wildman–Crippen LogP) is 16.7. The van der Waals surface area contributed by atoms with E-state index < -0.39 is 8.07 Å². The van der Waals surface area contributed by atoms with Crippen molar-refractivity contribution in [2.24, 2.45) is 0 Å². The molecule has 0 N–H and O–H groups in total. The first-order chi connectivity index (χ1) is 37.2. The first kappa shape index (κ1) is 45.3. The molecule has 13 rings (SSSR count). The molecule has 0 amide bonds. The number of hydrogen-bond acceptors (Lipinski definition) is 2. The molecule has 0 unspecified atom stereocenters. The number of para-hydroxylation sites is 2. The van der Waals surface area contributed by atoms with Gasteiger partial charge in [0.25, 0.3) is 0 Å². The Labute approximate surface area is 441 Å². The van der Waals surface area contributed by atoms with Gasteiger partial charge in [0.05, 0.1) is 0 Å². The third kappa shape index (κ3) is 8.45. The Kier molecular flexibility index (Phi) is 12.0. The summed E-state index contributed by atoms with van der Waals surface area (Å²) >= 11 is 0. The molecule has 12 aromatic rings. The maximum absolute atomic E-state index is 2.81. The summed E-state index contributed by atoms with van der Waals surface area (Å²) in [6.07, 6.45) is 0. The smallest absolute Gasteiger partial charge is 0.184 e. The quantitative estimate of drug-likeness (QED) is 0.119. The monoisotopic (exact) mass is 972 g/mol. The van der Waals surface area contributed by atoms with Crippen LogP contribution in [0.2, 0.25) is 0 Å². The highest BCUT2D eigenvalue weighted by Gasteiger charge is 2.48. The molecule has 75 heavy (non-hydrogen) atoms. The van der Waals surface area contributed by atoms with Gasteiger partial charge in [-0.25, -0.2) is 0 Å². The molecule has 1 heterocycles. The fourth-order valence-electron chi connectivity index (χ4n) is 11.3. The minimum absolute atomic E-state index is 1.08. The van der Waals surface area contributed by atoms with E-state index >= 15 is 0 Å². The van der Waals surface area contributed by atoms with Gasteiger partial charge in [-0.3, -0.25) is 0 Å². The van der Waals surface area contributed by atoms with Gasteiger partial charge in [0.2, 0.25) is 0 Å². The molecule has 0 bridgehead atoms. The Morgan fingerprint density at radius 3 is 0.933 bits per heavy atom. The van der Waals surface area contributed by atoms with E-state index in [1.54, 1.807) is 0 Å². The zero-order valence-electron chi connectivity index (χ0n) is 41.4. The van der Waals surface area contributed by atoms with Crippen LogP contribution in [-0.2, 0) is 0 Å². The van der Waals surface area contributed by atoms with Crippen LogP contribution in [-0.4, -0.2) is 8.07 Å². The fourth-order valence-corrected chi connectivity index (χ4v) is 16.4. The van der Waals surface area contributed by atoms with Crippen molar-refractivity contribution in [2.45, 2.75) is 0 Å². The Hall–Kier alpha value is -9.54. The van der Waals surface area contributed by atoms with Gasteiger partial charge in [0.1, 0.15) is 0 Å². The maximum Gasteiger partial charge on any atom is 0.184 e. The van der Waals surface area contributed by atoms with E-state index in [0.717, 1.165) is 28.3 Å². The van der Waals surface area contributed by atoms with Crippen molar-refractivity contribution < 1.29 is 0 Å². The van der Waals surface area contributed by atoms with Gasteiger partial charge in [-0.2, -0.15) is 0 Å². The van der Waals surface area contributed by atoms with Crippen LogP contribution in [0.4, 0.5) is 34.1 Å². The molecule has 1 aliphatic heterocycles. The average Bonchev–Trinajstić information content (AvgIpc) is 3.56. The van der Waals surface area contributed by atoms with E-state index in [1.165, 1.54) is 82.2 Å². The van der Waals surface area contributed by atoms with Gasteiger partial charge in [-0.05, 0) is 137 Å². The molecule has 0 saturated carbocycles. The summed E-state index contributed by atoms with van der Waals surface area (Å²) in [5.41, 5.74) is 18.7. The second kappa shape index (κ2) is 19.8. The predicted molar refractivity (Wildman–Crippen MR) is 320 cm³/mol. The Morgan fingerprint density at radius 2 is 0.520 bits per heavy atom. The van der Waals surface area contributed by atoms with Crippen molar-refractivity contribution in [1.29, 1.82) is 0 Å². The van der Waals surface area contributed by atoms with E-state index in [0.29, 0.717) is 0 Å². The number of fused-ring (bicyclic) bond motifs is 2. The van der Waals surface area contributed by atoms with Crippen molar-refractivity contribution in [2.75, 3.05) is 9.80 Å². The molecular weight excluding hydrogens is 921 g/mol. The van der Waals surface area contributed by atoms with Crippen LogP contribution >= 0.6 is 0 Å². The van der Waals surface area contributed by atoms with Crippen LogP contribution in [0.15, 0.2) is 315 Å². The van der Waals surface area contributed by atoms with Crippen molar-refractivity contribution in [3.63, 3.8) is 0 Å². The summed E-state index contributed by atoms with van der Waals surface area (Å²) in [6, 6.07) is 116. The van der Waals surface area contributed by atoms with Crippen molar-refractivity contribution in [3.05, 3.63) is 315 Å². The van der Waals surface area contributed by atoms with Gasteiger partial charge in [0.15, 0.2) is 8.07 Å². The molecule has 2 nitrogen and oxygen atoms in total. The molecule has 0 atom stereocenters. The third-order valence-electron chi connectivity index (χ3n) is 15.0. The van der Waals surface area contributed by atoms with Crippen LogP contribution in [0.25, 0.3) is 55.6 Å². The van der Waals surface area contributed by atoms with Crippen LogP contribution in [0, 0.1) is 0 Å². The van der Waals surface area contributed by atoms with Crippen molar-refractivity contribution in [3.8, 4) is 55.6 Å². The SMILES string of the molecule is c1ccc(-c2ccc(-c3ccc(N(c4ccc(-c5ccc(-c6ccccc6)cc5)cc4)c4ccc(-c5ccc6c(c5)N(c5ccccc5)c5ccccc5[Si]6(c5ccccc5)c5ccccc5)cc4)cc3)cc2)cc1. The minimum Gasteiger partial charge on any atom is -0.311 e. The second-order valence-corrected chi connectivity index (χ2v) is 23.0. The maximum atomic E-state index is 2.49. The van der Waals surface area contributed by atoms with Crippen LogP contribution in [0.1, 0.15) is 0 Å². The molecule has 0 radical (unpaired) electrons. The lowest BCUT2D eigenvalue weighted by molar-refractivity contribution is 1.28. The number of nitrogens with zero attached hydrogens (tertiary/aromatic N) is 2. The molecule has 0 aromatic heterocycles. The highest BCUT2D eigenvalue weighted by molar-refractivity contribution is 7.21.